The van der Waals surface area contributed by atoms with E-state index >= 15 is 0 Å². The average molecular weight is 415 g/mol. The molecule has 0 bridgehead atoms. The van der Waals surface area contributed by atoms with Gasteiger partial charge in [0.2, 0.25) is 5.55 Å². The van der Waals surface area contributed by atoms with Crippen LogP contribution in [0.4, 0.5) is 11.5 Å². The van der Waals surface area contributed by atoms with Gasteiger partial charge in [-0.05, 0) is 43.3 Å². The van der Waals surface area contributed by atoms with Crippen molar-refractivity contribution in [2.75, 3.05) is 19.5 Å². The minimum absolute atomic E-state index is 0.160. The van der Waals surface area contributed by atoms with Crippen LogP contribution >= 0.6 is 0 Å². The van der Waals surface area contributed by atoms with Crippen LogP contribution in [-0.2, 0) is 0 Å². The van der Waals surface area contributed by atoms with Gasteiger partial charge in [0, 0.05) is 17.1 Å². The largest absolute Gasteiger partial charge is 0.497 e. The molecule has 4 aromatic rings. The molecule has 2 heterocycles. The van der Waals surface area contributed by atoms with Crippen molar-refractivity contribution in [3.05, 3.63) is 83.5 Å². The van der Waals surface area contributed by atoms with E-state index < -0.39 is 0 Å². The van der Waals surface area contributed by atoms with Crippen LogP contribution in [0.5, 0.6) is 11.5 Å². The summed E-state index contributed by atoms with van der Waals surface area (Å²) >= 11 is 0. The van der Waals surface area contributed by atoms with Crippen molar-refractivity contribution in [2.45, 2.75) is 6.92 Å². The van der Waals surface area contributed by atoms with Crippen molar-refractivity contribution in [1.82, 2.24) is 4.98 Å². The number of carbonyl (C=O) groups excluding carboxylic acids is 1. The molecule has 0 aliphatic carbocycles. The summed E-state index contributed by atoms with van der Waals surface area (Å²) in [5.41, 5.74) is 2.35. The molecule has 7 nitrogen and oxygen atoms in total. The molecule has 156 valence electrons. The maximum absolute atomic E-state index is 13.1. The Labute approximate surface area is 179 Å². The summed E-state index contributed by atoms with van der Waals surface area (Å²) in [6.07, 6.45) is 0. The first-order chi connectivity index (χ1) is 15.1. The lowest BCUT2D eigenvalue weighted by Gasteiger charge is -2.09. The number of para-hydroxylation sites is 1. The Hall–Kier alpha value is -4.13. The number of ether oxygens (including phenoxy) is 2. The molecule has 0 aliphatic heterocycles. The predicted octanol–water partition coefficient (Wildman–Crippen LogP) is 4.64. The molecule has 0 radical (unpaired) electrons. The number of amides is 1. The number of aryl methyl sites for hydroxylation is 1. The van der Waals surface area contributed by atoms with Gasteiger partial charge in [-0.3, -0.25) is 4.79 Å². The van der Waals surface area contributed by atoms with Gasteiger partial charge in [0.05, 0.1) is 14.2 Å². The number of nitrogens with zero attached hydrogens (tertiary/aromatic N) is 2. The molecule has 0 fully saturated rings. The molecule has 0 aliphatic rings. The molecule has 1 N–H and O–H groups in total. The summed E-state index contributed by atoms with van der Waals surface area (Å²) in [6.45, 7) is 1.86. The highest BCUT2D eigenvalue weighted by Gasteiger charge is 2.15. The van der Waals surface area contributed by atoms with E-state index in [1.54, 1.807) is 44.6 Å². The molecule has 0 saturated heterocycles. The number of benzene rings is 2. The van der Waals surface area contributed by atoms with E-state index in [4.69, 9.17) is 13.9 Å². The van der Waals surface area contributed by atoms with Gasteiger partial charge in [-0.15, -0.1) is 0 Å². The van der Waals surface area contributed by atoms with Crippen molar-refractivity contribution in [2.24, 2.45) is 4.99 Å². The number of carbonyl (C=O) groups is 1. The van der Waals surface area contributed by atoms with Gasteiger partial charge in [0.15, 0.2) is 0 Å². The number of aromatic nitrogens is 1. The van der Waals surface area contributed by atoms with Gasteiger partial charge >= 0.3 is 0 Å². The van der Waals surface area contributed by atoms with Gasteiger partial charge in [-0.25, -0.2) is 9.98 Å². The summed E-state index contributed by atoms with van der Waals surface area (Å²) in [7, 11) is 3.12. The molecule has 2 aromatic heterocycles. The Balaban J connectivity index is 1.86. The van der Waals surface area contributed by atoms with Crippen LogP contribution in [0, 0.1) is 6.92 Å². The van der Waals surface area contributed by atoms with E-state index in [-0.39, 0.29) is 17.0 Å². The SMILES string of the molecule is COc1ccc(N=c2oc3ccccc3cc2C(=O)Nc2cccc(C)n2)c(OC)c1. The van der Waals surface area contributed by atoms with Gasteiger partial charge in [0.1, 0.15) is 34.2 Å². The number of anilines is 1. The van der Waals surface area contributed by atoms with Crippen molar-refractivity contribution in [3.63, 3.8) is 0 Å². The van der Waals surface area contributed by atoms with Crippen LogP contribution in [0.25, 0.3) is 11.0 Å². The van der Waals surface area contributed by atoms with Crippen molar-refractivity contribution in [1.29, 1.82) is 0 Å². The molecule has 0 atom stereocenters. The lowest BCUT2D eigenvalue weighted by molar-refractivity contribution is 0.102. The molecule has 4 rings (SSSR count). The second kappa shape index (κ2) is 8.71. The van der Waals surface area contributed by atoms with E-state index in [1.165, 1.54) is 0 Å². The van der Waals surface area contributed by atoms with Gasteiger partial charge in [-0.2, -0.15) is 0 Å². The summed E-state index contributed by atoms with van der Waals surface area (Å²) in [6, 6.07) is 19.8. The van der Waals surface area contributed by atoms with Crippen molar-refractivity contribution in [3.8, 4) is 11.5 Å². The first-order valence-corrected chi connectivity index (χ1v) is 9.62. The van der Waals surface area contributed by atoms with E-state index in [0.717, 1.165) is 11.1 Å². The summed E-state index contributed by atoms with van der Waals surface area (Å²) in [4.78, 5) is 22.0. The smallest absolute Gasteiger partial charge is 0.262 e. The minimum Gasteiger partial charge on any atom is -0.497 e. The van der Waals surface area contributed by atoms with Gasteiger partial charge < -0.3 is 19.2 Å². The fraction of sp³-hybridized carbons (Fsp3) is 0.125. The maximum atomic E-state index is 13.1. The zero-order chi connectivity index (χ0) is 21.8. The first kappa shape index (κ1) is 20.2. The van der Waals surface area contributed by atoms with E-state index in [1.807, 2.05) is 43.3 Å². The van der Waals surface area contributed by atoms with Crippen LogP contribution in [0.3, 0.4) is 0 Å². The molecular formula is C24H21N3O4. The Kier molecular flexibility index (Phi) is 5.66. The molecule has 31 heavy (non-hydrogen) atoms. The fourth-order valence-corrected chi connectivity index (χ4v) is 3.10. The minimum atomic E-state index is -0.376. The maximum Gasteiger partial charge on any atom is 0.262 e. The van der Waals surface area contributed by atoms with Crippen LogP contribution in [0.1, 0.15) is 16.1 Å². The topological polar surface area (TPSA) is 86.0 Å². The zero-order valence-electron chi connectivity index (χ0n) is 17.4. The van der Waals surface area contributed by atoms with Crippen molar-refractivity contribution < 1.29 is 18.7 Å². The van der Waals surface area contributed by atoms with Gasteiger partial charge in [-0.1, -0.05) is 24.3 Å². The molecule has 0 saturated carbocycles. The number of hydrogen-bond acceptors (Lipinski definition) is 6. The lowest BCUT2D eigenvalue weighted by Crippen LogP contribution is -2.22. The number of fused-ring (bicyclic) bond motifs is 1. The molecular weight excluding hydrogens is 394 g/mol. The van der Waals surface area contributed by atoms with Crippen LogP contribution in [-0.4, -0.2) is 25.1 Å². The third-order valence-electron chi connectivity index (χ3n) is 4.64. The lowest BCUT2D eigenvalue weighted by atomic mass is 10.1. The Morgan fingerprint density at radius 2 is 1.84 bits per heavy atom. The van der Waals surface area contributed by atoms with Gasteiger partial charge in [0.25, 0.3) is 5.91 Å². The Morgan fingerprint density at radius 3 is 2.61 bits per heavy atom. The summed E-state index contributed by atoms with van der Waals surface area (Å²) in [5, 5.41) is 3.60. The second-order valence-electron chi connectivity index (χ2n) is 6.77. The molecule has 0 spiro atoms. The summed E-state index contributed by atoms with van der Waals surface area (Å²) in [5.74, 6) is 1.20. The standard InChI is InChI=1S/C24H21N3O4/c1-15-7-6-10-22(25-15)27-23(28)18-13-16-8-4-5-9-20(16)31-24(18)26-19-12-11-17(29-2)14-21(19)30-3/h4-14H,1-3H3,(H,25,27,28). The third kappa shape index (κ3) is 4.40. The van der Waals surface area contributed by atoms with E-state index in [9.17, 15) is 4.79 Å². The molecule has 0 unspecified atom stereocenters. The number of pyridine rings is 1. The summed E-state index contributed by atoms with van der Waals surface area (Å²) < 4.78 is 16.7. The monoisotopic (exact) mass is 415 g/mol. The van der Waals surface area contributed by atoms with Crippen molar-refractivity contribution >= 4 is 28.4 Å². The van der Waals surface area contributed by atoms with E-state index in [0.29, 0.717) is 28.6 Å². The number of hydrogen-bond donors (Lipinski definition) is 1. The first-order valence-electron chi connectivity index (χ1n) is 9.62. The zero-order valence-corrected chi connectivity index (χ0v) is 17.4. The van der Waals surface area contributed by atoms with Crippen LogP contribution in [0.2, 0.25) is 0 Å². The van der Waals surface area contributed by atoms with E-state index in [2.05, 4.69) is 15.3 Å². The highest BCUT2D eigenvalue weighted by Crippen LogP contribution is 2.31. The normalized spacial score (nSPS) is 11.4. The van der Waals surface area contributed by atoms with Crippen LogP contribution < -0.4 is 20.3 Å². The Bertz CT molecular complexity index is 1330. The Morgan fingerprint density at radius 1 is 1.00 bits per heavy atom. The number of nitrogens with one attached hydrogen (secondary N) is 1. The highest BCUT2D eigenvalue weighted by atomic mass is 16.5. The molecule has 2 aromatic carbocycles. The fourth-order valence-electron chi connectivity index (χ4n) is 3.10. The second-order valence-corrected chi connectivity index (χ2v) is 6.77. The number of methoxy groups -OCH3 is 2. The van der Waals surface area contributed by atoms with Crippen LogP contribution in [0.15, 0.2) is 76.1 Å². The highest BCUT2D eigenvalue weighted by molar-refractivity contribution is 6.05. The molecule has 1 amide bonds. The quantitative estimate of drug-likeness (QED) is 0.513. The molecule has 7 heteroatoms. The third-order valence-corrected chi connectivity index (χ3v) is 4.64. The average Bonchev–Trinajstić information content (AvgIpc) is 2.78. The predicted molar refractivity (Wildman–Crippen MR) is 118 cm³/mol. The number of rotatable bonds is 5.